The summed E-state index contributed by atoms with van der Waals surface area (Å²) in [5.41, 5.74) is 9.05. The van der Waals surface area contributed by atoms with E-state index in [4.69, 9.17) is 5.73 Å². The molecule has 0 radical (unpaired) electrons. The van der Waals surface area contributed by atoms with Gasteiger partial charge in [0, 0.05) is 24.0 Å². The Hall–Kier alpha value is -2.43. The molecule has 0 amide bonds. The van der Waals surface area contributed by atoms with Gasteiger partial charge in [0.05, 0.1) is 11.4 Å². The molecule has 0 saturated carbocycles. The lowest BCUT2D eigenvalue weighted by atomic mass is 10.1. The van der Waals surface area contributed by atoms with E-state index in [1.165, 1.54) is 12.8 Å². The van der Waals surface area contributed by atoms with Crippen molar-refractivity contribution in [3.8, 4) is 0 Å². The zero-order chi connectivity index (χ0) is 16.5. The first kappa shape index (κ1) is 16.9. The number of anilines is 1. The molecule has 0 aliphatic carbocycles. The van der Waals surface area contributed by atoms with Crippen LogP contribution in [0.25, 0.3) is 5.70 Å². The third kappa shape index (κ3) is 5.36. The van der Waals surface area contributed by atoms with Crippen LogP contribution in [0.3, 0.4) is 0 Å². The minimum absolute atomic E-state index is 0.494. The molecule has 5 nitrogen and oxygen atoms in total. The molecule has 0 atom stereocenters. The maximum atomic E-state index is 5.71. The summed E-state index contributed by atoms with van der Waals surface area (Å²) < 4.78 is 0. The average Bonchev–Trinajstić information content (AvgIpc) is 2.58. The molecule has 0 spiro atoms. The number of hydrogen-bond acceptors (Lipinski definition) is 5. The molecule has 5 heteroatoms. The highest BCUT2D eigenvalue weighted by Gasteiger charge is 2.06. The highest BCUT2D eigenvalue weighted by molar-refractivity contribution is 5.56. The van der Waals surface area contributed by atoms with Crippen molar-refractivity contribution in [2.45, 2.75) is 39.0 Å². The van der Waals surface area contributed by atoms with Crippen LogP contribution in [0.5, 0.6) is 0 Å². The van der Waals surface area contributed by atoms with E-state index in [-0.39, 0.29) is 0 Å². The van der Waals surface area contributed by atoms with Crippen LogP contribution in [0.2, 0.25) is 0 Å². The summed E-state index contributed by atoms with van der Waals surface area (Å²) in [7, 11) is 0. The van der Waals surface area contributed by atoms with E-state index in [2.05, 4.69) is 33.8 Å². The van der Waals surface area contributed by atoms with Crippen LogP contribution in [0, 0.1) is 0 Å². The van der Waals surface area contributed by atoms with Gasteiger partial charge in [0.2, 0.25) is 0 Å². The number of nitrogens with two attached hydrogens (primary N) is 1. The predicted octanol–water partition coefficient (Wildman–Crippen LogP) is 3.19. The van der Waals surface area contributed by atoms with E-state index in [1.807, 2.05) is 24.4 Å². The first-order valence-corrected chi connectivity index (χ1v) is 8.14. The SMILES string of the molecule is C=C(N)c1cccc(CCc2cncnc2NCCCCC)n1. The number of rotatable bonds is 9. The standard InChI is InChI=1S/C18H25N5/c1-3-4-5-11-21-18-15(12-20-13-22-18)9-10-16-7-6-8-17(23-16)14(2)19/h6-8,12-13H,2-5,9-11,19H2,1H3,(H,20,21,22). The van der Waals surface area contributed by atoms with E-state index in [9.17, 15) is 0 Å². The minimum Gasteiger partial charge on any atom is -0.397 e. The second kappa shape index (κ2) is 8.88. The van der Waals surface area contributed by atoms with Crippen LogP contribution in [0.4, 0.5) is 5.82 Å². The number of hydrogen-bond donors (Lipinski definition) is 2. The Labute approximate surface area is 138 Å². The fourth-order valence-electron chi connectivity index (χ4n) is 2.34. The molecule has 122 valence electrons. The van der Waals surface area contributed by atoms with Crippen LogP contribution in [0.15, 0.2) is 37.3 Å². The fourth-order valence-corrected chi connectivity index (χ4v) is 2.34. The van der Waals surface area contributed by atoms with Gasteiger partial charge in [-0.1, -0.05) is 32.4 Å². The fraction of sp³-hybridized carbons (Fsp3) is 0.389. The van der Waals surface area contributed by atoms with Gasteiger partial charge in [-0.2, -0.15) is 0 Å². The summed E-state index contributed by atoms with van der Waals surface area (Å²) in [6, 6.07) is 5.84. The van der Waals surface area contributed by atoms with Crippen molar-refractivity contribution >= 4 is 11.5 Å². The van der Waals surface area contributed by atoms with Gasteiger partial charge >= 0.3 is 0 Å². The topological polar surface area (TPSA) is 76.7 Å². The van der Waals surface area contributed by atoms with Crippen LogP contribution in [-0.4, -0.2) is 21.5 Å². The first-order valence-electron chi connectivity index (χ1n) is 8.14. The summed E-state index contributed by atoms with van der Waals surface area (Å²) in [4.78, 5) is 13.0. The third-order valence-electron chi connectivity index (χ3n) is 3.65. The molecular formula is C18H25N5. The Balaban J connectivity index is 1.97. The van der Waals surface area contributed by atoms with E-state index in [0.717, 1.165) is 48.6 Å². The Morgan fingerprint density at radius 3 is 2.91 bits per heavy atom. The molecular weight excluding hydrogens is 286 g/mol. The monoisotopic (exact) mass is 311 g/mol. The highest BCUT2D eigenvalue weighted by atomic mass is 15.0. The smallest absolute Gasteiger partial charge is 0.132 e. The van der Waals surface area contributed by atoms with E-state index >= 15 is 0 Å². The van der Waals surface area contributed by atoms with E-state index in [1.54, 1.807) is 6.33 Å². The van der Waals surface area contributed by atoms with Gasteiger partial charge in [0.25, 0.3) is 0 Å². The number of nitrogens with one attached hydrogen (secondary N) is 1. The van der Waals surface area contributed by atoms with Crippen molar-refractivity contribution in [2.24, 2.45) is 5.73 Å². The van der Waals surface area contributed by atoms with Crippen molar-refractivity contribution in [3.63, 3.8) is 0 Å². The summed E-state index contributed by atoms with van der Waals surface area (Å²) >= 11 is 0. The second-order valence-corrected chi connectivity index (χ2v) is 5.57. The van der Waals surface area contributed by atoms with Crippen LogP contribution < -0.4 is 11.1 Å². The largest absolute Gasteiger partial charge is 0.397 e. The van der Waals surface area contributed by atoms with Crippen molar-refractivity contribution in [1.82, 2.24) is 15.0 Å². The van der Waals surface area contributed by atoms with Gasteiger partial charge in [-0.15, -0.1) is 0 Å². The second-order valence-electron chi connectivity index (χ2n) is 5.57. The predicted molar refractivity (Wildman–Crippen MR) is 94.9 cm³/mol. The van der Waals surface area contributed by atoms with Crippen molar-refractivity contribution in [2.75, 3.05) is 11.9 Å². The quantitative estimate of drug-likeness (QED) is 0.696. The lowest BCUT2D eigenvalue weighted by molar-refractivity contribution is 0.740. The van der Waals surface area contributed by atoms with Gasteiger partial charge in [-0.05, 0) is 31.4 Å². The van der Waals surface area contributed by atoms with Crippen molar-refractivity contribution in [1.29, 1.82) is 0 Å². The Morgan fingerprint density at radius 2 is 2.13 bits per heavy atom. The number of aryl methyl sites for hydroxylation is 2. The molecule has 0 saturated heterocycles. The normalized spacial score (nSPS) is 10.5. The zero-order valence-electron chi connectivity index (χ0n) is 13.8. The molecule has 0 aromatic carbocycles. The number of unbranched alkanes of at least 4 members (excludes halogenated alkanes) is 2. The van der Waals surface area contributed by atoms with Crippen molar-refractivity contribution < 1.29 is 0 Å². The summed E-state index contributed by atoms with van der Waals surface area (Å²) in [5, 5.41) is 3.41. The Bertz CT molecular complexity index is 639. The van der Waals surface area contributed by atoms with E-state index < -0.39 is 0 Å². The molecule has 2 rings (SSSR count). The van der Waals surface area contributed by atoms with Gasteiger partial charge in [-0.25, -0.2) is 9.97 Å². The zero-order valence-corrected chi connectivity index (χ0v) is 13.8. The summed E-state index contributed by atoms with van der Waals surface area (Å²) in [6.07, 6.45) is 8.72. The van der Waals surface area contributed by atoms with Gasteiger partial charge in [0.1, 0.15) is 12.1 Å². The Kier molecular flexibility index (Phi) is 6.54. The number of nitrogens with zero attached hydrogens (tertiary/aromatic N) is 3. The molecule has 2 aromatic heterocycles. The van der Waals surface area contributed by atoms with Crippen LogP contribution >= 0.6 is 0 Å². The van der Waals surface area contributed by atoms with Gasteiger partial charge in [-0.3, -0.25) is 4.98 Å². The highest BCUT2D eigenvalue weighted by Crippen LogP contribution is 2.14. The van der Waals surface area contributed by atoms with E-state index in [0.29, 0.717) is 5.70 Å². The molecule has 23 heavy (non-hydrogen) atoms. The van der Waals surface area contributed by atoms with Gasteiger partial charge < -0.3 is 11.1 Å². The van der Waals surface area contributed by atoms with Crippen molar-refractivity contribution in [3.05, 3.63) is 54.3 Å². The Morgan fingerprint density at radius 1 is 1.26 bits per heavy atom. The summed E-state index contributed by atoms with van der Waals surface area (Å²) in [6.45, 7) is 6.88. The molecule has 2 aromatic rings. The molecule has 0 aliphatic rings. The van der Waals surface area contributed by atoms with Crippen LogP contribution in [-0.2, 0) is 12.8 Å². The summed E-state index contributed by atoms with van der Waals surface area (Å²) in [5.74, 6) is 0.926. The number of pyridine rings is 1. The molecule has 0 aliphatic heterocycles. The third-order valence-corrected chi connectivity index (χ3v) is 3.65. The van der Waals surface area contributed by atoms with Crippen LogP contribution in [0.1, 0.15) is 43.1 Å². The lowest BCUT2D eigenvalue weighted by Crippen LogP contribution is -2.08. The molecule has 0 bridgehead atoms. The van der Waals surface area contributed by atoms with Gasteiger partial charge in [0.15, 0.2) is 0 Å². The molecule has 0 fully saturated rings. The molecule has 0 unspecified atom stereocenters. The lowest BCUT2D eigenvalue weighted by Gasteiger charge is -2.10. The minimum atomic E-state index is 0.494. The first-order chi connectivity index (χ1) is 11.2. The number of aromatic nitrogens is 3. The molecule has 3 N–H and O–H groups in total. The maximum absolute atomic E-state index is 5.71. The maximum Gasteiger partial charge on any atom is 0.132 e. The average molecular weight is 311 g/mol. The molecule has 2 heterocycles.